The lowest BCUT2D eigenvalue weighted by Gasteiger charge is -2.40. The molecule has 1 aromatic carbocycles. The molecule has 0 aliphatic carbocycles. The number of anilines is 1. The van der Waals surface area contributed by atoms with E-state index in [0.29, 0.717) is 24.2 Å². The second-order valence-corrected chi connectivity index (χ2v) is 24.0. The van der Waals surface area contributed by atoms with Crippen molar-refractivity contribution in [3.05, 3.63) is 62.2 Å². The van der Waals surface area contributed by atoms with E-state index in [1.807, 2.05) is 0 Å². The van der Waals surface area contributed by atoms with Crippen LogP contribution in [0.2, 0.25) is 36.3 Å². The largest absolute Gasteiger partial charge is 0.414 e. The van der Waals surface area contributed by atoms with Crippen molar-refractivity contribution in [2.24, 2.45) is 0 Å². The zero-order valence-corrected chi connectivity index (χ0v) is 29.6. The van der Waals surface area contributed by atoms with E-state index in [4.69, 9.17) is 24.1 Å². The number of hydrogen-bond acceptors (Lipinski definition) is 9. The molecule has 1 saturated heterocycles. The predicted molar refractivity (Wildman–Crippen MR) is 173 cm³/mol. The Morgan fingerprint density at radius 3 is 2.30 bits per heavy atom. The molecule has 3 rings (SSSR count). The first-order chi connectivity index (χ1) is 19.6. The zero-order chi connectivity index (χ0) is 32.5. The van der Waals surface area contributed by atoms with Crippen LogP contribution in [0.1, 0.15) is 78.3 Å². The Morgan fingerprint density at radius 1 is 1.12 bits per heavy atom. The van der Waals surface area contributed by atoms with E-state index in [1.54, 1.807) is 31.3 Å². The summed E-state index contributed by atoms with van der Waals surface area (Å²) in [5, 5.41) is 11.5. The van der Waals surface area contributed by atoms with Crippen LogP contribution in [0.25, 0.3) is 0 Å². The Morgan fingerprint density at radius 2 is 1.72 bits per heavy atom. The van der Waals surface area contributed by atoms with Gasteiger partial charge in [0.15, 0.2) is 16.6 Å². The molecule has 0 radical (unpaired) electrons. The second kappa shape index (κ2) is 12.9. The topological polar surface area (TPSA) is 141 Å². The highest BCUT2D eigenvalue weighted by Gasteiger charge is 2.47. The smallest absolute Gasteiger partial charge is 0.351 e. The summed E-state index contributed by atoms with van der Waals surface area (Å²) < 4.78 is 27.3. The van der Waals surface area contributed by atoms with E-state index in [0.717, 1.165) is 0 Å². The molecule has 1 aromatic heterocycles. The molecule has 1 fully saturated rings. The van der Waals surface area contributed by atoms with Gasteiger partial charge in [-0.05, 0) is 49.3 Å². The molecule has 4 atom stereocenters. The minimum atomic E-state index is -2.17. The number of para-hydroxylation sites is 1. The molecule has 1 aliphatic heterocycles. The van der Waals surface area contributed by atoms with Crippen molar-refractivity contribution in [3.63, 3.8) is 0 Å². The van der Waals surface area contributed by atoms with Gasteiger partial charge in [-0.15, -0.1) is 0 Å². The van der Waals surface area contributed by atoms with Gasteiger partial charge in [0.25, 0.3) is 5.69 Å². The summed E-state index contributed by atoms with van der Waals surface area (Å²) in [6.07, 6.45) is 0.214. The van der Waals surface area contributed by atoms with Gasteiger partial charge in [-0.1, -0.05) is 53.7 Å². The molecule has 1 unspecified atom stereocenters. The number of nitro benzene ring substituents is 1. The quantitative estimate of drug-likeness (QED) is 0.162. The SMILES string of the molecule is CC(OCc1cn([C@H]2C[C@@H](O[Si](C)(C)C(C)(C)C)[C@@H](CO[Si](C)(C)C(C)(C)C)O2)c(=O)nc1N)c1ccccc1[N+](=O)[O-]. The van der Waals surface area contributed by atoms with Gasteiger partial charge in [0.1, 0.15) is 18.1 Å². The molecule has 11 nitrogen and oxygen atoms in total. The van der Waals surface area contributed by atoms with E-state index >= 15 is 0 Å². The van der Waals surface area contributed by atoms with Crippen LogP contribution in [0, 0.1) is 10.1 Å². The summed E-state index contributed by atoms with van der Waals surface area (Å²) in [6.45, 7) is 24.1. The summed E-state index contributed by atoms with van der Waals surface area (Å²) in [5.41, 5.74) is 6.50. The van der Waals surface area contributed by atoms with Gasteiger partial charge in [0.2, 0.25) is 0 Å². The van der Waals surface area contributed by atoms with E-state index in [1.165, 1.54) is 10.6 Å². The van der Waals surface area contributed by atoms with E-state index in [-0.39, 0.29) is 40.4 Å². The molecule has 0 amide bonds. The maximum Gasteiger partial charge on any atom is 0.351 e. The highest BCUT2D eigenvalue weighted by atomic mass is 28.4. The molecule has 0 saturated carbocycles. The number of nitrogen functional groups attached to an aromatic ring is 1. The summed E-state index contributed by atoms with van der Waals surface area (Å²) in [5.74, 6) is 0.0425. The molecule has 2 N–H and O–H groups in total. The van der Waals surface area contributed by atoms with Crippen molar-refractivity contribution < 1.29 is 23.2 Å². The highest BCUT2D eigenvalue weighted by molar-refractivity contribution is 6.74. The monoisotopic (exact) mass is 634 g/mol. The van der Waals surface area contributed by atoms with Crippen molar-refractivity contribution in [2.75, 3.05) is 12.3 Å². The van der Waals surface area contributed by atoms with Gasteiger partial charge in [-0.25, -0.2) is 4.79 Å². The second-order valence-electron chi connectivity index (χ2n) is 14.5. The lowest BCUT2D eigenvalue weighted by Crippen LogP contribution is -2.48. The molecule has 0 spiro atoms. The first-order valence-electron chi connectivity index (χ1n) is 14.8. The van der Waals surface area contributed by atoms with Gasteiger partial charge in [-0.3, -0.25) is 14.7 Å². The molecular formula is C30H50N4O7Si2. The predicted octanol–water partition coefficient (Wildman–Crippen LogP) is 6.71. The summed E-state index contributed by atoms with van der Waals surface area (Å²) in [4.78, 5) is 28.2. The third kappa shape index (κ3) is 8.19. The number of nitro groups is 1. The lowest BCUT2D eigenvalue weighted by molar-refractivity contribution is -0.386. The van der Waals surface area contributed by atoms with Crippen LogP contribution >= 0.6 is 0 Å². The van der Waals surface area contributed by atoms with Crippen LogP contribution in [0.5, 0.6) is 0 Å². The number of aromatic nitrogens is 2. The number of hydrogen-bond donors (Lipinski definition) is 1. The van der Waals surface area contributed by atoms with E-state index < -0.39 is 39.6 Å². The Kier molecular flexibility index (Phi) is 10.5. The number of ether oxygens (including phenoxy) is 2. The van der Waals surface area contributed by atoms with E-state index in [2.05, 4.69) is 72.7 Å². The van der Waals surface area contributed by atoms with E-state index in [9.17, 15) is 14.9 Å². The van der Waals surface area contributed by atoms with Crippen LogP contribution in [-0.4, -0.2) is 49.9 Å². The summed E-state index contributed by atoms with van der Waals surface area (Å²) in [6, 6.07) is 6.44. The van der Waals surface area contributed by atoms with Crippen molar-refractivity contribution in [1.82, 2.24) is 9.55 Å². The van der Waals surface area contributed by atoms with Crippen LogP contribution in [0.3, 0.4) is 0 Å². The zero-order valence-electron chi connectivity index (χ0n) is 27.6. The molecule has 240 valence electrons. The van der Waals surface area contributed by atoms with Crippen LogP contribution in [0.4, 0.5) is 11.5 Å². The summed E-state index contributed by atoms with van der Waals surface area (Å²) >= 11 is 0. The van der Waals surface area contributed by atoms with Crippen LogP contribution in [-0.2, 0) is 24.9 Å². The minimum Gasteiger partial charge on any atom is -0.414 e. The van der Waals surface area contributed by atoms with Gasteiger partial charge in [-0.2, -0.15) is 4.98 Å². The van der Waals surface area contributed by atoms with Gasteiger partial charge in [0.05, 0.1) is 35.9 Å². The molecule has 2 aromatic rings. The number of nitrogens with zero attached hydrogens (tertiary/aromatic N) is 3. The van der Waals surface area contributed by atoms with Crippen molar-refractivity contribution >= 4 is 28.1 Å². The van der Waals surface area contributed by atoms with Crippen molar-refractivity contribution in [2.45, 2.75) is 122 Å². The number of nitrogens with two attached hydrogens (primary N) is 1. The maximum atomic E-state index is 13.1. The lowest BCUT2D eigenvalue weighted by atomic mass is 10.1. The standard InChI is InChI=1S/C30H50N4O7Si2/c1-20(22-14-12-13-15-23(22)34(36)37)38-18-21-17-33(28(35)32-27(21)31)26-16-24(41-43(10,11)30(5,6)7)25(40-26)19-39-42(8,9)29(2,3)4/h12-15,17,20,24-26H,16,18-19H2,1-11H3,(H2,31,32,35)/t20?,24-,25-,26-/m1/s1. The van der Waals surface area contributed by atoms with Crippen molar-refractivity contribution in [3.8, 4) is 0 Å². The molecule has 43 heavy (non-hydrogen) atoms. The third-order valence-electron chi connectivity index (χ3n) is 9.28. The Bertz CT molecular complexity index is 1350. The van der Waals surface area contributed by atoms with Crippen molar-refractivity contribution in [1.29, 1.82) is 0 Å². The van der Waals surface area contributed by atoms with Gasteiger partial charge < -0.3 is 24.1 Å². The van der Waals surface area contributed by atoms with Crippen LogP contribution < -0.4 is 11.4 Å². The fraction of sp³-hybridized carbons (Fsp3) is 0.667. The molecule has 0 bridgehead atoms. The Hall–Kier alpha value is -2.43. The number of rotatable bonds is 11. The molecule has 1 aliphatic rings. The fourth-order valence-electron chi connectivity index (χ4n) is 4.35. The Labute approximate surface area is 257 Å². The highest BCUT2D eigenvalue weighted by Crippen LogP contribution is 2.42. The average Bonchev–Trinajstić information content (AvgIpc) is 3.27. The minimum absolute atomic E-state index is 0.000851. The Balaban J connectivity index is 1.86. The first kappa shape index (κ1) is 35.1. The third-order valence-corrected chi connectivity index (χ3v) is 18.3. The van der Waals surface area contributed by atoms with Gasteiger partial charge in [0, 0.05) is 24.2 Å². The average molecular weight is 635 g/mol. The first-order valence-corrected chi connectivity index (χ1v) is 20.7. The molecule has 13 heteroatoms. The fourth-order valence-corrected chi connectivity index (χ4v) is 6.72. The maximum absolute atomic E-state index is 13.1. The normalized spacial score (nSPS) is 20.8. The molecular weight excluding hydrogens is 585 g/mol. The summed E-state index contributed by atoms with van der Waals surface area (Å²) in [7, 11) is -4.24. The van der Waals surface area contributed by atoms with Crippen LogP contribution in [0.15, 0.2) is 35.3 Å². The molecule has 2 heterocycles. The van der Waals surface area contributed by atoms with Gasteiger partial charge >= 0.3 is 5.69 Å². The number of benzene rings is 1.